The Kier molecular flexibility index (Phi) is 13.1. The van der Waals surface area contributed by atoms with Crippen LogP contribution in [0, 0.1) is 0 Å². The van der Waals surface area contributed by atoms with Gasteiger partial charge in [0.1, 0.15) is 0 Å². The van der Waals surface area contributed by atoms with Gasteiger partial charge in [0.2, 0.25) is 0 Å². The number of nitrogens with one attached hydrogen (secondary N) is 2. The number of hydrogen-bond donors (Lipinski definition) is 2. The summed E-state index contributed by atoms with van der Waals surface area (Å²) in [5, 5.41) is 5.08. The third kappa shape index (κ3) is 13.7. The Labute approximate surface area is 202 Å². The molecular weight excluding hydrogens is 437 g/mol. The number of halogens is 3. The highest BCUT2D eigenvalue weighted by atomic mass is 19.4. The molecule has 0 bridgehead atoms. The summed E-state index contributed by atoms with van der Waals surface area (Å²) in [6.07, 6.45) is 10.5. The number of carbonyl (C=O) groups excluding carboxylic acids is 1. The molecule has 0 saturated heterocycles. The molecule has 1 aromatic carbocycles. The molecule has 188 valence electrons. The maximum absolute atomic E-state index is 12.8. The average Bonchev–Trinajstić information content (AvgIpc) is 2.73. The Morgan fingerprint density at radius 1 is 0.824 bits per heavy atom. The van der Waals surface area contributed by atoms with E-state index in [2.05, 4.69) is 56.6 Å². The van der Waals surface area contributed by atoms with Crippen molar-refractivity contribution in [2.75, 3.05) is 11.9 Å². The van der Waals surface area contributed by atoms with Crippen molar-refractivity contribution in [1.82, 2.24) is 5.32 Å². The van der Waals surface area contributed by atoms with Gasteiger partial charge < -0.3 is 10.6 Å². The Morgan fingerprint density at radius 2 is 1.35 bits per heavy atom. The van der Waals surface area contributed by atoms with Crippen molar-refractivity contribution in [2.45, 2.75) is 79.3 Å². The number of carbonyl (C=O) groups is 1. The van der Waals surface area contributed by atoms with Crippen molar-refractivity contribution in [3.05, 3.63) is 76.4 Å². The molecule has 0 saturated carbocycles. The van der Waals surface area contributed by atoms with Gasteiger partial charge in [-0.3, -0.25) is 0 Å². The van der Waals surface area contributed by atoms with E-state index in [4.69, 9.17) is 0 Å². The minimum atomic E-state index is -4.44. The first kappa shape index (κ1) is 29.3. The van der Waals surface area contributed by atoms with Crippen molar-refractivity contribution >= 4 is 11.7 Å². The van der Waals surface area contributed by atoms with Gasteiger partial charge in [-0.1, -0.05) is 52.7 Å². The van der Waals surface area contributed by atoms with Crippen LogP contribution in [0.5, 0.6) is 0 Å². The van der Waals surface area contributed by atoms with Crippen LogP contribution < -0.4 is 10.6 Å². The molecule has 1 rings (SSSR count). The molecule has 0 fully saturated rings. The maximum Gasteiger partial charge on any atom is 0.416 e. The lowest BCUT2D eigenvalue weighted by atomic mass is 10.0. The number of allylic oxidation sites excluding steroid dienone is 7. The van der Waals surface area contributed by atoms with Crippen LogP contribution in [-0.2, 0) is 6.18 Å². The van der Waals surface area contributed by atoms with Crippen LogP contribution in [0.2, 0.25) is 0 Å². The van der Waals surface area contributed by atoms with Gasteiger partial charge in [-0.25, -0.2) is 4.79 Å². The molecule has 3 nitrogen and oxygen atoms in total. The fraction of sp³-hybridized carbons (Fsp3) is 0.464. The standard InChI is InChI=1S/C28H39F3N2O/c1-21(2)10-6-11-22(3)12-7-13-23(4)14-8-15-24(5)18-19-32-27(34)33-26-17-9-16-25(20-26)28(29,30)31/h9-10,12,14,16-18,20H,6-8,11,13,15,19H2,1-5H3,(H2,32,33,34). The Bertz CT molecular complexity index is 904. The van der Waals surface area contributed by atoms with E-state index in [0.29, 0.717) is 6.54 Å². The second kappa shape index (κ2) is 15.2. The number of alkyl halides is 3. The molecule has 6 heteroatoms. The highest BCUT2D eigenvalue weighted by molar-refractivity contribution is 5.89. The van der Waals surface area contributed by atoms with E-state index in [-0.39, 0.29) is 5.69 Å². The molecule has 0 aliphatic rings. The monoisotopic (exact) mass is 476 g/mol. The van der Waals surface area contributed by atoms with Gasteiger partial charge >= 0.3 is 12.2 Å². The normalized spacial score (nSPS) is 13.0. The third-order valence-corrected chi connectivity index (χ3v) is 5.32. The van der Waals surface area contributed by atoms with Gasteiger partial charge in [0.05, 0.1) is 5.56 Å². The van der Waals surface area contributed by atoms with E-state index >= 15 is 0 Å². The van der Waals surface area contributed by atoms with Crippen molar-refractivity contribution in [2.24, 2.45) is 0 Å². The molecule has 0 aliphatic carbocycles. The van der Waals surface area contributed by atoms with Gasteiger partial charge in [-0.2, -0.15) is 13.2 Å². The molecule has 0 radical (unpaired) electrons. The van der Waals surface area contributed by atoms with Crippen LogP contribution in [0.4, 0.5) is 23.7 Å². The minimum absolute atomic E-state index is 0.103. The lowest BCUT2D eigenvalue weighted by Gasteiger charge is -2.10. The SMILES string of the molecule is CC(C)=CCCC(C)=CCCC(C)=CCCC(C)=CCNC(=O)Nc1cccc(C(F)(F)F)c1. The summed E-state index contributed by atoms with van der Waals surface area (Å²) in [5.74, 6) is 0. The lowest BCUT2D eigenvalue weighted by molar-refractivity contribution is -0.137. The van der Waals surface area contributed by atoms with Gasteiger partial charge in [-0.05, 0) is 91.3 Å². The van der Waals surface area contributed by atoms with Gasteiger partial charge in [-0.15, -0.1) is 0 Å². The van der Waals surface area contributed by atoms with E-state index in [1.807, 2.05) is 13.0 Å². The second-order valence-corrected chi connectivity index (χ2v) is 8.96. The third-order valence-electron chi connectivity index (χ3n) is 5.32. The lowest BCUT2D eigenvalue weighted by Crippen LogP contribution is -2.29. The summed E-state index contributed by atoms with van der Waals surface area (Å²) in [7, 11) is 0. The van der Waals surface area contributed by atoms with Crippen LogP contribution in [-0.4, -0.2) is 12.6 Å². The number of urea groups is 1. The molecule has 1 aromatic rings. The van der Waals surface area contributed by atoms with Crippen LogP contribution >= 0.6 is 0 Å². The van der Waals surface area contributed by atoms with Crippen molar-refractivity contribution in [3.63, 3.8) is 0 Å². The zero-order chi connectivity index (χ0) is 25.6. The van der Waals surface area contributed by atoms with Crippen LogP contribution in [0.25, 0.3) is 0 Å². The Hall–Kier alpha value is -2.76. The van der Waals surface area contributed by atoms with E-state index in [1.54, 1.807) is 0 Å². The van der Waals surface area contributed by atoms with Crippen molar-refractivity contribution in [3.8, 4) is 0 Å². The van der Waals surface area contributed by atoms with E-state index < -0.39 is 17.8 Å². The molecule has 2 amide bonds. The van der Waals surface area contributed by atoms with Gasteiger partial charge in [0.15, 0.2) is 0 Å². The van der Waals surface area contributed by atoms with Gasteiger partial charge in [0.25, 0.3) is 0 Å². The molecular formula is C28H39F3N2O. The minimum Gasteiger partial charge on any atom is -0.334 e. The summed E-state index contributed by atoms with van der Waals surface area (Å²) < 4.78 is 38.3. The fourth-order valence-corrected chi connectivity index (χ4v) is 3.25. The molecule has 0 spiro atoms. The summed E-state index contributed by atoms with van der Waals surface area (Å²) in [6, 6.07) is 4.03. The molecule has 0 unspecified atom stereocenters. The summed E-state index contributed by atoms with van der Waals surface area (Å²) in [6.45, 7) is 10.9. The topological polar surface area (TPSA) is 41.1 Å². The number of benzene rings is 1. The zero-order valence-corrected chi connectivity index (χ0v) is 21.1. The largest absolute Gasteiger partial charge is 0.416 e. The number of amides is 2. The quantitative estimate of drug-likeness (QED) is 0.290. The van der Waals surface area contributed by atoms with Crippen LogP contribution in [0.1, 0.15) is 78.7 Å². The number of anilines is 1. The maximum atomic E-state index is 12.8. The van der Waals surface area contributed by atoms with E-state index in [0.717, 1.165) is 56.2 Å². The fourth-order valence-electron chi connectivity index (χ4n) is 3.25. The predicted octanol–water partition coefficient (Wildman–Crippen LogP) is 8.97. The van der Waals surface area contributed by atoms with Crippen LogP contribution in [0.15, 0.2) is 70.9 Å². The summed E-state index contributed by atoms with van der Waals surface area (Å²) >= 11 is 0. The molecule has 0 atom stereocenters. The summed E-state index contributed by atoms with van der Waals surface area (Å²) in [4.78, 5) is 11.9. The van der Waals surface area contributed by atoms with Gasteiger partial charge in [0, 0.05) is 12.2 Å². The zero-order valence-electron chi connectivity index (χ0n) is 21.1. The Balaban J connectivity index is 2.32. The highest BCUT2D eigenvalue weighted by Crippen LogP contribution is 2.30. The van der Waals surface area contributed by atoms with E-state index in [9.17, 15) is 18.0 Å². The van der Waals surface area contributed by atoms with Crippen LogP contribution in [0.3, 0.4) is 0 Å². The second-order valence-electron chi connectivity index (χ2n) is 8.96. The first-order valence-electron chi connectivity index (χ1n) is 11.8. The Morgan fingerprint density at radius 3 is 1.88 bits per heavy atom. The average molecular weight is 477 g/mol. The first-order valence-corrected chi connectivity index (χ1v) is 11.8. The molecule has 0 aliphatic heterocycles. The van der Waals surface area contributed by atoms with Crippen molar-refractivity contribution < 1.29 is 18.0 Å². The smallest absolute Gasteiger partial charge is 0.334 e. The molecule has 2 N–H and O–H groups in total. The number of hydrogen-bond acceptors (Lipinski definition) is 1. The summed E-state index contributed by atoms with van der Waals surface area (Å²) in [5.41, 5.74) is 4.64. The molecule has 0 aromatic heterocycles. The highest BCUT2D eigenvalue weighted by Gasteiger charge is 2.30. The molecule has 34 heavy (non-hydrogen) atoms. The first-order chi connectivity index (χ1) is 16.0. The number of rotatable bonds is 12. The van der Waals surface area contributed by atoms with Crippen molar-refractivity contribution in [1.29, 1.82) is 0 Å². The predicted molar refractivity (Wildman–Crippen MR) is 137 cm³/mol. The van der Waals surface area contributed by atoms with E-state index in [1.165, 1.54) is 28.9 Å². The molecule has 0 heterocycles.